The fraction of sp³-hybridized carbons (Fsp3) is 0.224. The molecular weight excluding hydrogens is 1880 g/mol. The third kappa shape index (κ3) is 36.3. The van der Waals surface area contributed by atoms with Crippen LogP contribution >= 0.6 is 23.2 Å². The van der Waals surface area contributed by atoms with E-state index in [1.54, 1.807) is 20.3 Å². The Balaban J connectivity index is 0.000000172. The van der Waals surface area contributed by atoms with Crippen molar-refractivity contribution in [3.8, 4) is 22.6 Å². The van der Waals surface area contributed by atoms with Crippen LogP contribution < -0.4 is 14.4 Å². The molecule has 8 aromatic carbocycles. The monoisotopic (exact) mass is 1980 g/mol. The van der Waals surface area contributed by atoms with Crippen molar-refractivity contribution in [1.29, 1.82) is 0 Å². The lowest BCUT2D eigenvalue weighted by atomic mass is 10.0. The van der Waals surface area contributed by atoms with E-state index in [2.05, 4.69) is 111 Å². The molecule has 736 valence electrons. The second kappa shape index (κ2) is 56.7. The summed E-state index contributed by atoms with van der Waals surface area (Å²) in [5.74, 6) is 2.13. The van der Waals surface area contributed by atoms with Gasteiger partial charge in [0.1, 0.15) is 110 Å². The molecule has 0 atom stereocenters. The van der Waals surface area contributed by atoms with E-state index in [0.29, 0.717) is 135 Å². The van der Waals surface area contributed by atoms with E-state index in [0.717, 1.165) is 93.1 Å². The first kappa shape index (κ1) is 110. The molecule has 1 aliphatic rings. The van der Waals surface area contributed by atoms with Crippen molar-refractivity contribution in [2.24, 2.45) is 0 Å². The van der Waals surface area contributed by atoms with Crippen LogP contribution in [0.1, 0.15) is 174 Å². The van der Waals surface area contributed by atoms with Crippen molar-refractivity contribution in [2.45, 2.75) is 72.6 Å². The number of halogens is 4. The van der Waals surface area contributed by atoms with E-state index in [1.165, 1.54) is 122 Å². The van der Waals surface area contributed by atoms with Crippen molar-refractivity contribution < 1.29 is 92.3 Å². The number of aryl methyl sites for hydroxylation is 4. The van der Waals surface area contributed by atoms with Crippen molar-refractivity contribution in [3.63, 3.8) is 0 Å². The van der Waals surface area contributed by atoms with Crippen LogP contribution in [0, 0.1) is 39.3 Å². The molecule has 0 unspecified atom stereocenters. The molecule has 7 aromatic heterocycles. The summed E-state index contributed by atoms with van der Waals surface area (Å²) in [7, 11) is 3.18. The van der Waals surface area contributed by atoms with E-state index in [1.807, 2.05) is 131 Å². The number of aliphatic hydroxyl groups is 7. The number of ether oxygens (including phenoxy) is 3. The third-order valence-corrected chi connectivity index (χ3v) is 21.3. The van der Waals surface area contributed by atoms with Gasteiger partial charge in [-0.1, -0.05) is 114 Å². The first-order valence-corrected chi connectivity index (χ1v) is 45.2. The molecule has 36 heteroatoms. The van der Waals surface area contributed by atoms with E-state index in [4.69, 9.17) is 73.2 Å². The van der Waals surface area contributed by atoms with Crippen molar-refractivity contribution in [1.82, 2.24) is 69.8 Å². The summed E-state index contributed by atoms with van der Waals surface area (Å²) in [6.45, 7) is 7.11. The molecule has 32 nitrogen and oxygen atoms in total. The predicted molar refractivity (Wildman–Crippen MR) is 529 cm³/mol. The van der Waals surface area contributed by atoms with Gasteiger partial charge in [0.2, 0.25) is 0 Å². The highest BCUT2D eigenvalue weighted by Gasteiger charge is 2.18. The summed E-state index contributed by atoms with van der Waals surface area (Å²) in [6.07, 6.45) is 23.4. The maximum atomic E-state index is 13.2. The minimum absolute atomic E-state index is 0.265. The molecule has 1 fully saturated rings. The molecule has 0 bridgehead atoms. The van der Waals surface area contributed by atoms with Gasteiger partial charge in [-0.05, 0) is 173 Å². The lowest BCUT2D eigenvalue weighted by Crippen LogP contribution is -2.36. The standard InChI is InChI=1S/C19H16N2O2.C17H19N3O3.C15H16N2O4.2C14H13ClN2O2.2C14H13FN2O2/c22-13-18(23)17-11-20-19(21-12-17)10-14-5-4-8-16(9-14)15-6-2-1-3-7-15;21-12-16(22)14-10-18-17(19-11-14)9-13-2-1-3-15(8-13)20-4-6-23-7-5-20;1-20-12-3-10(4-13(6-12)21-2)5-15-16-7-11(8-17-15)14(19)9-18;4*1-9-2-10(4-12(15)3-9)5-14-16-6-11(7-17-14)13(19)8-18/h1-9,11-12,22H,10,13H2;1-3,8,10-11,21H,4-7,9,12H2;3-4,6-8,18H,5,9H2,1-2H3;4*2-4,6-7,18H,5,8H2,1H3. The van der Waals surface area contributed by atoms with Gasteiger partial charge in [-0.3, -0.25) is 33.6 Å². The van der Waals surface area contributed by atoms with Crippen LogP contribution in [-0.2, 0) is 49.7 Å². The molecule has 143 heavy (non-hydrogen) atoms. The number of morpholine rings is 1. The molecule has 0 spiro atoms. The van der Waals surface area contributed by atoms with Crippen LogP contribution in [0.4, 0.5) is 14.5 Å². The van der Waals surface area contributed by atoms with Crippen LogP contribution in [0.3, 0.4) is 0 Å². The number of aliphatic hydroxyl groups excluding tert-OH is 7. The Morgan fingerprint density at radius 2 is 0.545 bits per heavy atom. The van der Waals surface area contributed by atoms with E-state index >= 15 is 0 Å². The lowest BCUT2D eigenvalue weighted by Gasteiger charge is -2.29. The van der Waals surface area contributed by atoms with Gasteiger partial charge in [0, 0.05) is 167 Å². The van der Waals surface area contributed by atoms with Gasteiger partial charge in [-0.25, -0.2) is 78.6 Å². The third-order valence-electron chi connectivity index (χ3n) is 20.9. The molecule has 1 saturated heterocycles. The molecule has 1 aliphatic heterocycles. The molecule has 8 heterocycles. The molecule has 15 aromatic rings. The molecular formula is C107H103Cl2F2N15O17. The molecule has 16 rings (SSSR count). The van der Waals surface area contributed by atoms with Crippen LogP contribution in [0.5, 0.6) is 11.5 Å². The summed E-state index contributed by atoms with van der Waals surface area (Å²) in [4.78, 5) is 139. The molecule has 0 saturated carbocycles. The largest absolute Gasteiger partial charge is 0.497 e. The number of ketones is 7. The van der Waals surface area contributed by atoms with Crippen LogP contribution in [0.25, 0.3) is 11.1 Å². The van der Waals surface area contributed by atoms with Crippen LogP contribution in [-0.4, -0.2) is 233 Å². The quantitative estimate of drug-likeness (QED) is 0.0193. The average molecular weight is 1980 g/mol. The zero-order chi connectivity index (χ0) is 103. The number of hydrogen-bond donors (Lipinski definition) is 7. The normalized spacial score (nSPS) is 11.1. The second-order valence-electron chi connectivity index (χ2n) is 32.1. The van der Waals surface area contributed by atoms with Gasteiger partial charge >= 0.3 is 0 Å². The Bertz CT molecular complexity index is 6210. The Morgan fingerprint density at radius 1 is 0.294 bits per heavy atom. The number of aromatic nitrogens is 14. The SMILES string of the molecule is COc1cc(Cc2ncc(C(=O)CO)cn2)cc(OC)c1.Cc1cc(Cl)cc(Cc2ncc(C(=O)CO)cn2)c1.Cc1cc(Cl)cc(Cc2ncc(C(=O)CO)cn2)c1.Cc1cc(F)cc(Cc2ncc(C(=O)CO)cn2)c1.Cc1cc(F)cc(Cc2ncc(C(=O)CO)cn2)c1.O=C(CO)c1cnc(Cc2cccc(-c3ccccc3)c2)nc1.O=C(CO)c1cnc(Cc2cccc(N3CCOCC3)c2)nc1. The van der Waals surface area contributed by atoms with Gasteiger partial charge in [-0.15, -0.1) is 0 Å². The summed E-state index contributed by atoms with van der Waals surface area (Å²) in [6, 6.07) is 53.3. The van der Waals surface area contributed by atoms with Crippen molar-refractivity contribution >= 4 is 69.4 Å². The lowest BCUT2D eigenvalue weighted by molar-refractivity contribution is 0.0897. The average Bonchev–Trinajstić information content (AvgIpc) is 0.864. The van der Waals surface area contributed by atoms with Crippen LogP contribution in [0.15, 0.2) is 257 Å². The van der Waals surface area contributed by atoms with Crippen LogP contribution in [0.2, 0.25) is 10.0 Å². The minimum atomic E-state index is -0.564. The number of carbonyl (C=O) groups is 7. The summed E-state index contributed by atoms with van der Waals surface area (Å²) in [5, 5.41) is 62.7. The number of rotatable bonds is 32. The minimum Gasteiger partial charge on any atom is -0.497 e. The highest BCUT2D eigenvalue weighted by atomic mass is 35.5. The number of carbonyl (C=O) groups excluding carboxylic acids is 7. The fourth-order valence-electron chi connectivity index (χ4n) is 13.8. The molecule has 0 amide bonds. The number of anilines is 1. The highest BCUT2D eigenvalue weighted by Crippen LogP contribution is 2.27. The van der Waals surface area contributed by atoms with Crippen molar-refractivity contribution in [3.05, 3.63) is 419 Å². The number of methoxy groups -OCH3 is 2. The number of Topliss-reactive ketones (excluding diaryl/α,β-unsaturated/α-hetero) is 7. The Morgan fingerprint density at radius 3 is 0.818 bits per heavy atom. The first-order valence-electron chi connectivity index (χ1n) is 44.5. The Labute approximate surface area is 832 Å². The number of nitrogens with zero attached hydrogens (tertiary/aromatic N) is 15. The van der Waals surface area contributed by atoms with Gasteiger partial charge in [0.05, 0.1) is 66.4 Å². The predicted octanol–water partition coefficient (Wildman–Crippen LogP) is 13.0. The zero-order valence-corrected chi connectivity index (χ0v) is 80.4. The van der Waals surface area contributed by atoms with Crippen molar-refractivity contribution in [2.75, 3.05) is 91.7 Å². The second-order valence-corrected chi connectivity index (χ2v) is 33.0. The Kier molecular flexibility index (Phi) is 43.4. The first-order chi connectivity index (χ1) is 69.0. The van der Waals surface area contributed by atoms with Gasteiger partial charge in [-0.2, -0.15) is 0 Å². The molecule has 0 aliphatic carbocycles. The number of hydrogen-bond acceptors (Lipinski definition) is 32. The fourth-order valence-corrected chi connectivity index (χ4v) is 14.5. The Hall–Kier alpha value is -15.5. The number of benzene rings is 8. The van der Waals surface area contributed by atoms with E-state index in [-0.39, 0.29) is 45.9 Å². The smallest absolute Gasteiger partial charge is 0.191 e. The highest BCUT2D eigenvalue weighted by molar-refractivity contribution is 6.31. The summed E-state index contributed by atoms with van der Waals surface area (Å²) in [5.41, 5.74) is 16.2. The van der Waals surface area contributed by atoms with Gasteiger partial charge < -0.3 is 54.9 Å². The zero-order valence-electron chi connectivity index (χ0n) is 78.9. The van der Waals surface area contributed by atoms with E-state index < -0.39 is 63.6 Å². The summed E-state index contributed by atoms with van der Waals surface area (Å²) >= 11 is 12.0. The maximum absolute atomic E-state index is 13.2. The topological polar surface area (TPSA) is 472 Å². The maximum Gasteiger partial charge on any atom is 0.191 e. The summed E-state index contributed by atoms with van der Waals surface area (Å²) < 4.78 is 42.3. The molecule has 7 N–H and O–H groups in total. The van der Waals surface area contributed by atoms with Gasteiger partial charge in [0.25, 0.3) is 0 Å². The van der Waals surface area contributed by atoms with E-state index in [9.17, 15) is 42.3 Å². The molecule has 0 radical (unpaired) electrons. The van der Waals surface area contributed by atoms with Gasteiger partial charge in [0.15, 0.2) is 40.5 Å².